The maximum atomic E-state index is 5.86. The number of hydrazine groups is 1. The molecule has 4 nitrogen and oxygen atoms in total. The number of nitrogens with one attached hydrogen (secondary N) is 1. The predicted octanol–water partition coefficient (Wildman–Crippen LogP) is 3.03. The molecule has 20 heavy (non-hydrogen) atoms. The highest BCUT2D eigenvalue weighted by Gasteiger charge is 2.30. The molecule has 0 heterocycles. The molecule has 1 fully saturated rings. The summed E-state index contributed by atoms with van der Waals surface area (Å²) in [6, 6.07) is 5.95. The maximum Gasteiger partial charge on any atom is 0.127 e. The van der Waals surface area contributed by atoms with Gasteiger partial charge in [0.2, 0.25) is 0 Å². The Kier molecular flexibility index (Phi) is 5.26. The average Bonchev–Trinajstić information content (AvgIpc) is 2.49. The van der Waals surface area contributed by atoms with Gasteiger partial charge in [0.25, 0.3) is 0 Å². The van der Waals surface area contributed by atoms with Crippen LogP contribution < -0.4 is 20.7 Å². The molecule has 0 amide bonds. The molecule has 1 unspecified atom stereocenters. The molecular formula is C16H26N2O2. The van der Waals surface area contributed by atoms with Gasteiger partial charge in [-0.25, -0.2) is 0 Å². The van der Waals surface area contributed by atoms with Crippen LogP contribution in [0.4, 0.5) is 0 Å². The molecule has 1 aromatic rings. The highest BCUT2D eigenvalue weighted by molar-refractivity contribution is 5.47. The predicted molar refractivity (Wildman–Crippen MR) is 80.7 cm³/mol. The zero-order chi connectivity index (χ0) is 14.5. The Hall–Kier alpha value is -1.26. The van der Waals surface area contributed by atoms with Crippen LogP contribution in [-0.2, 0) is 0 Å². The van der Waals surface area contributed by atoms with Gasteiger partial charge < -0.3 is 9.47 Å². The van der Waals surface area contributed by atoms with Crippen molar-refractivity contribution in [3.8, 4) is 11.5 Å². The lowest BCUT2D eigenvalue weighted by atomic mass is 9.77. The van der Waals surface area contributed by atoms with Crippen molar-refractivity contribution in [3.05, 3.63) is 23.8 Å². The molecule has 0 aromatic heterocycles. The highest BCUT2D eigenvalue weighted by atomic mass is 16.5. The lowest BCUT2D eigenvalue weighted by Crippen LogP contribution is -2.35. The van der Waals surface area contributed by atoms with E-state index in [-0.39, 0.29) is 6.04 Å². The van der Waals surface area contributed by atoms with E-state index in [1.165, 1.54) is 25.7 Å². The van der Waals surface area contributed by atoms with Crippen molar-refractivity contribution in [3.63, 3.8) is 0 Å². The second-order valence-electron chi connectivity index (χ2n) is 5.74. The van der Waals surface area contributed by atoms with E-state index in [2.05, 4.69) is 12.3 Å². The Morgan fingerprint density at radius 2 is 1.65 bits per heavy atom. The third kappa shape index (κ3) is 3.07. The van der Waals surface area contributed by atoms with Crippen LogP contribution in [0.25, 0.3) is 0 Å². The van der Waals surface area contributed by atoms with Gasteiger partial charge in [0.15, 0.2) is 0 Å². The number of benzene rings is 1. The van der Waals surface area contributed by atoms with E-state index in [9.17, 15) is 0 Å². The van der Waals surface area contributed by atoms with Gasteiger partial charge in [0, 0.05) is 0 Å². The molecule has 3 N–H and O–H groups in total. The van der Waals surface area contributed by atoms with Crippen LogP contribution in [0.2, 0.25) is 0 Å². The van der Waals surface area contributed by atoms with Crippen molar-refractivity contribution in [2.24, 2.45) is 17.7 Å². The number of methoxy groups -OCH3 is 2. The van der Waals surface area contributed by atoms with Crippen LogP contribution in [0.15, 0.2) is 18.2 Å². The Balaban J connectivity index is 2.31. The summed E-state index contributed by atoms with van der Waals surface area (Å²) in [6.45, 7) is 2.32. The van der Waals surface area contributed by atoms with E-state index in [4.69, 9.17) is 15.3 Å². The molecular weight excluding hydrogens is 252 g/mol. The lowest BCUT2D eigenvalue weighted by Gasteiger charge is -2.33. The monoisotopic (exact) mass is 278 g/mol. The summed E-state index contributed by atoms with van der Waals surface area (Å²) in [5.74, 6) is 8.89. The molecule has 1 aliphatic rings. The number of ether oxygens (including phenoxy) is 2. The van der Waals surface area contributed by atoms with Gasteiger partial charge in [-0.1, -0.05) is 25.8 Å². The molecule has 0 saturated heterocycles. The summed E-state index contributed by atoms with van der Waals surface area (Å²) < 4.78 is 11.0. The van der Waals surface area contributed by atoms with E-state index in [0.29, 0.717) is 5.92 Å². The van der Waals surface area contributed by atoms with E-state index in [1.54, 1.807) is 14.2 Å². The van der Waals surface area contributed by atoms with Gasteiger partial charge in [0.05, 0.1) is 25.8 Å². The first-order valence-corrected chi connectivity index (χ1v) is 7.38. The first-order valence-electron chi connectivity index (χ1n) is 7.38. The van der Waals surface area contributed by atoms with Crippen molar-refractivity contribution in [1.29, 1.82) is 0 Å². The molecule has 0 radical (unpaired) electrons. The minimum absolute atomic E-state index is 0.0774. The fraction of sp³-hybridized carbons (Fsp3) is 0.625. The molecule has 2 rings (SSSR count). The van der Waals surface area contributed by atoms with Gasteiger partial charge in [-0.05, 0) is 36.8 Å². The Morgan fingerprint density at radius 3 is 2.10 bits per heavy atom. The standard InChI is InChI=1S/C16H26N2O2/c1-11-7-9-12(10-8-11)16(18-17)15-13(19-2)5-4-6-14(15)20-3/h4-6,11-12,16,18H,7-10,17H2,1-3H3. The largest absolute Gasteiger partial charge is 0.496 e. The first kappa shape index (κ1) is 15.1. The summed E-state index contributed by atoms with van der Waals surface area (Å²) in [4.78, 5) is 0. The minimum atomic E-state index is 0.0774. The molecule has 1 atom stereocenters. The van der Waals surface area contributed by atoms with Crippen molar-refractivity contribution in [1.82, 2.24) is 5.43 Å². The van der Waals surface area contributed by atoms with E-state index in [0.717, 1.165) is 23.0 Å². The molecule has 4 heteroatoms. The lowest BCUT2D eigenvalue weighted by molar-refractivity contribution is 0.225. The Morgan fingerprint density at radius 1 is 1.10 bits per heavy atom. The van der Waals surface area contributed by atoms with Crippen LogP contribution in [0, 0.1) is 11.8 Å². The second kappa shape index (κ2) is 6.95. The van der Waals surface area contributed by atoms with Crippen LogP contribution >= 0.6 is 0 Å². The topological polar surface area (TPSA) is 56.5 Å². The minimum Gasteiger partial charge on any atom is -0.496 e. The summed E-state index contributed by atoms with van der Waals surface area (Å²) in [5, 5.41) is 0. The molecule has 0 bridgehead atoms. The normalized spacial score (nSPS) is 24.2. The van der Waals surface area contributed by atoms with Gasteiger partial charge in [-0.3, -0.25) is 11.3 Å². The van der Waals surface area contributed by atoms with Gasteiger partial charge in [-0.15, -0.1) is 0 Å². The number of nitrogens with two attached hydrogens (primary N) is 1. The van der Waals surface area contributed by atoms with Crippen molar-refractivity contribution in [2.45, 2.75) is 38.6 Å². The summed E-state index contributed by atoms with van der Waals surface area (Å²) in [7, 11) is 3.38. The van der Waals surface area contributed by atoms with Crippen LogP contribution in [0.5, 0.6) is 11.5 Å². The SMILES string of the molecule is COc1cccc(OC)c1C(NN)C1CCC(C)CC1. The zero-order valence-electron chi connectivity index (χ0n) is 12.7. The number of rotatable bonds is 5. The third-order valence-corrected chi connectivity index (χ3v) is 4.49. The smallest absolute Gasteiger partial charge is 0.127 e. The molecule has 112 valence electrons. The van der Waals surface area contributed by atoms with E-state index >= 15 is 0 Å². The fourth-order valence-electron chi connectivity index (χ4n) is 3.26. The van der Waals surface area contributed by atoms with E-state index in [1.807, 2.05) is 18.2 Å². The quantitative estimate of drug-likeness (QED) is 0.642. The molecule has 1 aromatic carbocycles. The molecule has 0 spiro atoms. The third-order valence-electron chi connectivity index (χ3n) is 4.49. The average molecular weight is 278 g/mol. The molecule has 1 aliphatic carbocycles. The van der Waals surface area contributed by atoms with Crippen LogP contribution in [-0.4, -0.2) is 14.2 Å². The Labute approximate surface area is 121 Å². The van der Waals surface area contributed by atoms with Gasteiger partial charge in [-0.2, -0.15) is 0 Å². The summed E-state index contributed by atoms with van der Waals surface area (Å²) in [5.41, 5.74) is 4.03. The van der Waals surface area contributed by atoms with Gasteiger partial charge in [0.1, 0.15) is 11.5 Å². The van der Waals surface area contributed by atoms with E-state index < -0.39 is 0 Å². The number of hydrogen-bond donors (Lipinski definition) is 2. The molecule has 0 aliphatic heterocycles. The first-order chi connectivity index (χ1) is 9.71. The van der Waals surface area contributed by atoms with Crippen molar-refractivity contribution < 1.29 is 9.47 Å². The highest BCUT2D eigenvalue weighted by Crippen LogP contribution is 2.42. The summed E-state index contributed by atoms with van der Waals surface area (Å²) >= 11 is 0. The molecule has 1 saturated carbocycles. The van der Waals surface area contributed by atoms with Crippen molar-refractivity contribution in [2.75, 3.05) is 14.2 Å². The second-order valence-corrected chi connectivity index (χ2v) is 5.74. The maximum absolute atomic E-state index is 5.86. The van der Waals surface area contributed by atoms with Crippen molar-refractivity contribution >= 4 is 0 Å². The Bertz CT molecular complexity index is 406. The van der Waals surface area contributed by atoms with Crippen LogP contribution in [0.1, 0.15) is 44.2 Å². The fourth-order valence-corrected chi connectivity index (χ4v) is 3.26. The number of hydrogen-bond acceptors (Lipinski definition) is 4. The van der Waals surface area contributed by atoms with Crippen LogP contribution in [0.3, 0.4) is 0 Å². The summed E-state index contributed by atoms with van der Waals surface area (Å²) in [6.07, 6.45) is 4.91. The van der Waals surface area contributed by atoms with Gasteiger partial charge >= 0.3 is 0 Å². The zero-order valence-corrected chi connectivity index (χ0v) is 12.7.